The number of carbonyl (C=O) groups is 2. The van der Waals surface area contributed by atoms with Gasteiger partial charge in [-0.2, -0.15) is 0 Å². The first-order valence-electron chi connectivity index (χ1n) is 6.85. The van der Waals surface area contributed by atoms with Crippen LogP contribution in [0.25, 0.3) is 0 Å². The van der Waals surface area contributed by atoms with Gasteiger partial charge in [0, 0.05) is 23.9 Å². The first-order chi connectivity index (χ1) is 9.26. The van der Waals surface area contributed by atoms with Crippen molar-refractivity contribution < 1.29 is 14.3 Å². The van der Waals surface area contributed by atoms with Crippen LogP contribution in [0.4, 0.5) is 4.79 Å². The number of likely N-dealkylation sites (tertiary alicyclic amines) is 1. The minimum atomic E-state index is -0.496. The summed E-state index contributed by atoms with van der Waals surface area (Å²) in [5.74, 6) is 0.0507. The van der Waals surface area contributed by atoms with Crippen molar-refractivity contribution in [1.29, 1.82) is 0 Å². The fourth-order valence-corrected chi connectivity index (χ4v) is 3.12. The average molecular weight is 295 g/mol. The van der Waals surface area contributed by atoms with Crippen molar-refractivity contribution in [3.8, 4) is 0 Å². The minimum Gasteiger partial charge on any atom is -0.444 e. The highest BCUT2D eigenvalue weighted by Gasteiger charge is 2.34. The third-order valence-electron chi connectivity index (χ3n) is 3.19. The van der Waals surface area contributed by atoms with E-state index in [1.54, 1.807) is 4.90 Å². The van der Waals surface area contributed by atoms with Gasteiger partial charge in [0.2, 0.25) is 0 Å². The van der Waals surface area contributed by atoms with E-state index < -0.39 is 5.60 Å². The maximum atomic E-state index is 12.3. The summed E-state index contributed by atoms with van der Waals surface area (Å²) in [7, 11) is 0. The SMILES string of the molecule is Cc1ccc(C(=O)C2CCN(C(=O)OC(C)(C)C)C2)s1. The van der Waals surface area contributed by atoms with Gasteiger partial charge in [0.25, 0.3) is 0 Å². The Balaban J connectivity index is 1.95. The first kappa shape index (κ1) is 15.0. The highest BCUT2D eigenvalue weighted by molar-refractivity contribution is 7.14. The van der Waals surface area contributed by atoms with E-state index in [1.165, 1.54) is 11.3 Å². The van der Waals surface area contributed by atoms with E-state index in [0.717, 1.165) is 16.2 Å². The van der Waals surface area contributed by atoms with E-state index in [0.29, 0.717) is 13.1 Å². The molecule has 1 amide bonds. The number of rotatable bonds is 2. The molecular formula is C15H21NO3S. The smallest absolute Gasteiger partial charge is 0.410 e. The minimum absolute atomic E-state index is 0.0967. The van der Waals surface area contributed by atoms with Crippen LogP contribution in [-0.2, 0) is 4.74 Å². The quantitative estimate of drug-likeness (QED) is 0.785. The molecule has 0 radical (unpaired) electrons. The van der Waals surface area contributed by atoms with Crippen LogP contribution in [0.15, 0.2) is 12.1 Å². The molecule has 1 saturated heterocycles. The van der Waals surface area contributed by atoms with E-state index in [1.807, 2.05) is 39.8 Å². The Hall–Kier alpha value is -1.36. The molecule has 4 nitrogen and oxygen atoms in total. The Morgan fingerprint density at radius 3 is 2.60 bits per heavy atom. The molecule has 0 saturated carbocycles. The van der Waals surface area contributed by atoms with Crippen molar-refractivity contribution >= 4 is 23.2 Å². The topological polar surface area (TPSA) is 46.6 Å². The standard InChI is InChI=1S/C15H21NO3S/c1-10-5-6-12(20-10)13(17)11-7-8-16(9-11)14(18)19-15(2,3)4/h5-6,11H,7-9H2,1-4H3. The monoisotopic (exact) mass is 295 g/mol. The molecule has 1 aromatic heterocycles. The maximum absolute atomic E-state index is 12.3. The molecule has 1 aliphatic heterocycles. The number of ether oxygens (including phenoxy) is 1. The molecule has 1 fully saturated rings. The van der Waals surface area contributed by atoms with Gasteiger partial charge in [0.05, 0.1) is 4.88 Å². The molecular weight excluding hydrogens is 274 g/mol. The van der Waals surface area contributed by atoms with Crippen molar-refractivity contribution in [1.82, 2.24) is 4.90 Å². The predicted octanol–water partition coefficient (Wildman–Crippen LogP) is 3.50. The highest BCUT2D eigenvalue weighted by atomic mass is 32.1. The molecule has 20 heavy (non-hydrogen) atoms. The predicted molar refractivity (Wildman–Crippen MR) is 79.3 cm³/mol. The van der Waals surface area contributed by atoms with Gasteiger partial charge in [0.15, 0.2) is 5.78 Å². The third kappa shape index (κ3) is 3.60. The van der Waals surface area contributed by atoms with Gasteiger partial charge < -0.3 is 9.64 Å². The molecule has 0 bridgehead atoms. The molecule has 1 aromatic rings. The lowest BCUT2D eigenvalue weighted by Gasteiger charge is -2.24. The van der Waals surface area contributed by atoms with Crippen molar-refractivity contribution in [2.24, 2.45) is 5.92 Å². The van der Waals surface area contributed by atoms with E-state index in [4.69, 9.17) is 4.74 Å². The zero-order valence-corrected chi connectivity index (χ0v) is 13.3. The van der Waals surface area contributed by atoms with E-state index >= 15 is 0 Å². The fourth-order valence-electron chi connectivity index (χ4n) is 2.23. The molecule has 5 heteroatoms. The largest absolute Gasteiger partial charge is 0.444 e. The summed E-state index contributed by atoms with van der Waals surface area (Å²) in [4.78, 5) is 27.9. The number of thiophene rings is 1. The lowest BCUT2D eigenvalue weighted by molar-refractivity contribution is 0.0289. The van der Waals surface area contributed by atoms with E-state index in [9.17, 15) is 9.59 Å². The Bertz CT molecular complexity index is 515. The van der Waals surface area contributed by atoms with Crippen LogP contribution < -0.4 is 0 Å². The molecule has 2 heterocycles. The van der Waals surface area contributed by atoms with E-state index in [2.05, 4.69) is 0 Å². The fraction of sp³-hybridized carbons (Fsp3) is 0.600. The number of Topliss-reactive ketones (excluding diaryl/α,β-unsaturated/α-hetero) is 1. The number of aryl methyl sites for hydroxylation is 1. The van der Waals surface area contributed by atoms with Crippen molar-refractivity contribution in [2.75, 3.05) is 13.1 Å². The van der Waals surface area contributed by atoms with Gasteiger partial charge in [-0.1, -0.05) is 0 Å². The van der Waals surface area contributed by atoms with Crippen LogP contribution in [-0.4, -0.2) is 35.5 Å². The van der Waals surface area contributed by atoms with Crippen LogP contribution in [0.5, 0.6) is 0 Å². The Morgan fingerprint density at radius 2 is 2.05 bits per heavy atom. The van der Waals surface area contributed by atoms with Crippen LogP contribution >= 0.6 is 11.3 Å². The summed E-state index contributed by atoms with van der Waals surface area (Å²) in [6.45, 7) is 8.58. The molecule has 2 rings (SSSR count). The second-order valence-electron chi connectivity index (χ2n) is 6.19. The van der Waals surface area contributed by atoms with Gasteiger partial charge in [-0.25, -0.2) is 4.79 Å². The maximum Gasteiger partial charge on any atom is 0.410 e. The van der Waals surface area contributed by atoms with Crippen molar-refractivity contribution in [2.45, 2.75) is 39.7 Å². The molecule has 1 aliphatic rings. The molecule has 1 atom stereocenters. The van der Waals surface area contributed by atoms with Crippen LogP contribution in [0.1, 0.15) is 41.7 Å². The van der Waals surface area contributed by atoms with E-state index in [-0.39, 0.29) is 17.8 Å². The summed E-state index contributed by atoms with van der Waals surface area (Å²) in [6.07, 6.45) is 0.393. The normalized spacial score (nSPS) is 19.2. The van der Waals surface area contributed by atoms with Gasteiger partial charge in [0.1, 0.15) is 5.60 Å². The molecule has 0 aromatic carbocycles. The molecule has 110 valence electrons. The summed E-state index contributed by atoms with van der Waals surface area (Å²) in [5.41, 5.74) is -0.496. The number of ketones is 1. The van der Waals surface area contributed by atoms with Crippen LogP contribution in [0.3, 0.4) is 0 Å². The summed E-state index contributed by atoms with van der Waals surface area (Å²) < 4.78 is 5.34. The summed E-state index contributed by atoms with van der Waals surface area (Å²) in [6, 6.07) is 3.83. The van der Waals surface area contributed by atoms with Crippen LogP contribution in [0.2, 0.25) is 0 Å². The zero-order chi connectivity index (χ0) is 14.9. The molecule has 0 aliphatic carbocycles. The lowest BCUT2D eigenvalue weighted by Crippen LogP contribution is -2.35. The number of amides is 1. The van der Waals surface area contributed by atoms with Gasteiger partial charge in [-0.15, -0.1) is 11.3 Å². The van der Waals surface area contributed by atoms with Gasteiger partial charge >= 0.3 is 6.09 Å². The summed E-state index contributed by atoms with van der Waals surface area (Å²) >= 11 is 1.52. The Kier molecular flexibility index (Phi) is 4.18. The number of hydrogen-bond donors (Lipinski definition) is 0. The zero-order valence-electron chi connectivity index (χ0n) is 12.4. The third-order valence-corrected chi connectivity index (χ3v) is 4.21. The first-order valence-corrected chi connectivity index (χ1v) is 7.66. The Morgan fingerprint density at radius 1 is 1.35 bits per heavy atom. The lowest BCUT2D eigenvalue weighted by atomic mass is 10.0. The Labute approximate surface area is 123 Å². The van der Waals surface area contributed by atoms with Gasteiger partial charge in [-0.05, 0) is 46.2 Å². The van der Waals surface area contributed by atoms with Crippen molar-refractivity contribution in [3.05, 3.63) is 21.9 Å². The average Bonchev–Trinajstić information content (AvgIpc) is 2.94. The highest BCUT2D eigenvalue weighted by Crippen LogP contribution is 2.26. The molecule has 1 unspecified atom stereocenters. The van der Waals surface area contributed by atoms with Crippen molar-refractivity contribution in [3.63, 3.8) is 0 Å². The number of carbonyl (C=O) groups excluding carboxylic acids is 2. The second kappa shape index (κ2) is 5.56. The number of hydrogen-bond acceptors (Lipinski definition) is 4. The second-order valence-corrected chi connectivity index (χ2v) is 7.47. The van der Waals surface area contributed by atoms with Gasteiger partial charge in [-0.3, -0.25) is 4.79 Å². The molecule has 0 spiro atoms. The van der Waals surface area contributed by atoms with Crippen LogP contribution in [0, 0.1) is 12.8 Å². The summed E-state index contributed by atoms with van der Waals surface area (Å²) in [5, 5.41) is 0. The number of nitrogens with zero attached hydrogens (tertiary/aromatic N) is 1. The molecule has 0 N–H and O–H groups in total.